The van der Waals surface area contributed by atoms with Gasteiger partial charge < -0.3 is 4.90 Å². The van der Waals surface area contributed by atoms with Crippen molar-refractivity contribution < 1.29 is 13.2 Å². The van der Waals surface area contributed by atoms with E-state index >= 15 is 0 Å². The summed E-state index contributed by atoms with van der Waals surface area (Å²) in [5, 5.41) is 0.471. The number of hydrogen-bond acceptors (Lipinski definition) is 3. The molecule has 0 saturated heterocycles. The normalized spacial score (nSPS) is 11.5. The topological polar surface area (TPSA) is 66.5 Å². The molecule has 2 aromatic carbocycles. The summed E-state index contributed by atoms with van der Waals surface area (Å²) < 4.78 is 27.9. The summed E-state index contributed by atoms with van der Waals surface area (Å²) in [6.07, 6.45) is 0. The predicted molar refractivity (Wildman–Crippen MR) is 106 cm³/mol. The van der Waals surface area contributed by atoms with Crippen molar-refractivity contribution in [3.8, 4) is 0 Å². The highest BCUT2D eigenvalue weighted by Crippen LogP contribution is 2.27. The molecule has 0 aromatic heterocycles. The minimum absolute atomic E-state index is 0.0222. The van der Waals surface area contributed by atoms with Gasteiger partial charge in [-0.2, -0.15) is 0 Å². The van der Waals surface area contributed by atoms with E-state index in [9.17, 15) is 13.2 Å². The number of aryl methyl sites for hydroxylation is 1. The fraction of sp³-hybridized carbons (Fsp3) is 0.278. The van der Waals surface area contributed by atoms with E-state index in [1.54, 1.807) is 19.2 Å². The molecular weight excluding hydrogens is 395 g/mol. The highest BCUT2D eigenvalue weighted by atomic mass is 35.5. The van der Waals surface area contributed by atoms with Crippen molar-refractivity contribution >= 4 is 44.8 Å². The Morgan fingerprint density at radius 3 is 2.31 bits per heavy atom. The number of hydrogen-bond donors (Lipinski definition) is 1. The number of carbonyl (C=O) groups is 1. The van der Waals surface area contributed by atoms with E-state index in [1.807, 2.05) is 20.8 Å². The zero-order valence-electron chi connectivity index (χ0n) is 14.9. The molecule has 2 aromatic rings. The number of nitrogens with zero attached hydrogens (tertiary/aromatic N) is 1. The molecule has 140 valence electrons. The predicted octanol–water partition coefficient (Wildman–Crippen LogP) is 4.58. The van der Waals surface area contributed by atoms with Crippen LogP contribution in [0.5, 0.6) is 0 Å². The maximum Gasteiger partial charge on any atom is 0.263 e. The van der Waals surface area contributed by atoms with Crippen molar-refractivity contribution in [3.05, 3.63) is 57.6 Å². The Hall–Kier alpha value is -1.76. The molecule has 0 fully saturated rings. The van der Waals surface area contributed by atoms with Gasteiger partial charge in [0.15, 0.2) is 0 Å². The molecule has 1 amide bonds. The third-order valence-corrected chi connectivity index (χ3v) is 6.26. The Bertz CT molecular complexity index is 943. The van der Waals surface area contributed by atoms with Crippen LogP contribution in [0.15, 0.2) is 41.3 Å². The maximum atomic E-state index is 12.7. The molecule has 0 radical (unpaired) electrons. The number of rotatable bonds is 5. The van der Waals surface area contributed by atoms with Crippen LogP contribution in [0.3, 0.4) is 0 Å². The first-order valence-electron chi connectivity index (χ1n) is 7.88. The number of halogens is 2. The molecule has 0 aliphatic heterocycles. The number of amides is 1. The first-order valence-corrected chi connectivity index (χ1v) is 10.1. The second-order valence-electron chi connectivity index (χ2n) is 6.22. The van der Waals surface area contributed by atoms with Crippen molar-refractivity contribution in [1.82, 2.24) is 4.90 Å². The third kappa shape index (κ3) is 4.50. The monoisotopic (exact) mass is 414 g/mol. The molecule has 1 N–H and O–H groups in total. The van der Waals surface area contributed by atoms with E-state index in [4.69, 9.17) is 23.2 Å². The number of sulfonamides is 1. The van der Waals surface area contributed by atoms with Gasteiger partial charge >= 0.3 is 0 Å². The van der Waals surface area contributed by atoms with Crippen LogP contribution in [-0.2, 0) is 10.0 Å². The van der Waals surface area contributed by atoms with Gasteiger partial charge in [-0.05, 0) is 56.7 Å². The van der Waals surface area contributed by atoms with Crippen molar-refractivity contribution in [2.45, 2.75) is 31.7 Å². The molecule has 0 heterocycles. The van der Waals surface area contributed by atoms with Crippen molar-refractivity contribution in [2.75, 3.05) is 11.8 Å². The molecule has 2 rings (SSSR count). The van der Waals surface area contributed by atoms with Crippen LogP contribution in [0.2, 0.25) is 10.0 Å². The summed E-state index contributed by atoms with van der Waals surface area (Å²) in [6, 6.07) is 9.00. The number of anilines is 1. The molecular formula is C18H20Cl2N2O3S. The number of carbonyl (C=O) groups excluding carboxylic acids is 1. The Labute approximate surface area is 164 Å². The highest BCUT2D eigenvalue weighted by Gasteiger charge is 2.22. The lowest BCUT2D eigenvalue weighted by atomic mass is 10.2. The van der Waals surface area contributed by atoms with Crippen LogP contribution in [0.4, 0.5) is 5.69 Å². The zero-order chi connectivity index (χ0) is 19.6. The summed E-state index contributed by atoms with van der Waals surface area (Å²) in [5.74, 6) is -0.286. The average Bonchev–Trinajstić information content (AvgIpc) is 2.56. The molecule has 0 aliphatic carbocycles. The van der Waals surface area contributed by atoms with Gasteiger partial charge in [0.2, 0.25) is 0 Å². The summed E-state index contributed by atoms with van der Waals surface area (Å²) in [6.45, 7) is 5.56. The van der Waals surface area contributed by atoms with Gasteiger partial charge in [0.25, 0.3) is 15.9 Å². The lowest BCUT2D eigenvalue weighted by Crippen LogP contribution is -2.33. The number of benzene rings is 2. The van der Waals surface area contributed by atoms with Crippen LogP contribution in [0.25, 0.3) is 0 Å². The van der Waals surface area contributed by atoms with Gasteiger partial charge in [-0.3, -0.25) is 9.52 Å². The molecule has 26 heavy (non-hydrogen) atoms. The van der Waals surface area contributed by atoms with E-state index in [0.717, 1.165) is 5.56 Å². The molecule has 0 aliphatic rings. The minimum atomic E-state index is -3.99. The van der Waals surface area contributed by atoms with Crippen molar-refractivity contribution in [1.29, 1.82) is 0 Å². The molecule has 8 heteroatoms. The molecule has 5 nitrogen and oxygen atoms in total. The second kappa shape index (κ2) is 7.86. The smallest absolute Gasteiger partial charge is 0.263 e. The standard InChI is InChI=1S/C18H20Cl2N2O3S/c1-11(2)22(4)18(23)13-6-8-15(19)17(9-13)26(24,25)21-14-7-5-12(3)16(20)10-14/h5-11,21H,1-4H3. The fourth-order valence-corrected chi connectivity index (χ4v) is 3.90. The second-order valence-corrected chi connectivity index (χ2v) is 8.69. The van der Waals surface area contributed by atoms with E-state index < -0.39 is 10.0 Å². The first-order chi connectivity index (χ1) is 12.0. The van der Waals surface area contributed by atoms with Crippen LogP contribution < -0.4 is 4.72 Å². The maximum absolute atomic E-state index is 12.7. The average molecular weight is 415 g/mol. The lowest BCUT2D eigenvalue weighted by Gasteiger charge is -2.22. The van der Waals surface area contributed by atoms with E-state index in [2.05, 4.69) is 4.72 Å². The van der Waals surface area contributed by atoms with E-state index in [-0.39, 0.29) is 27.4 Å². The Morgan fingerprint density at radius 2 is 1.73 bits per heavy atom. The fourth-order valence-electron chi connectivity index (χ4n) is 2.15. The summed E-state index contributed by atoms with van der Waals surface area (Å²) in [4.78, 5) is 13.8. The molecule has 0 bridgehead atoms. The highest BCUT2D eigenvalue weighted by molar-refractivity contribution is 7.92. The first kappa shape index (κ1) is 20.6. The van der Waals surface area contributed by atoms with Crippen LogP contribution in [0.1, 0.15) is 29.8 Å². The van der Waals surface area contributed by atoms with Crippen LogP contribution >= 0.6 is 23.2 Å². The Morgan fingerprint density at radius 1 is 1.08 bits per heavy atom. The third-order valence-electron chi connectivity index (χ3n) is 3.99. The molecule has 0 atom stereocenters. The van der Waals surface area contributed by atoms with Gasteiger partial charge in [0.1, 0.15) is 4.90 Å². The zero-order valence-corrected chi connectivity index (χ0v) is 17.2. The van der Waals surface area contributed by atoms with E-state index in [0.29, 0.717) is 10.7 Å². The van der Waals surface area contributed by atoms with Crippen molar-refractivity contribution in [3.63, 3.8) is 0 Å². The van der Waals surface area contributed by atoms with Gasteiger partial charge in [0.05, 0.1) is 10.7 Å². The lowest BCUT2D eigenvalue weighted by molar-refractivity contribution is 0.0754. The van der Waals surface area contributed by atoms with Crippen LogP contribution in [0, 0.1) is 6.92 Å². The van der Waals surface area contributed by atoms with Crippen LogP contribution in [-0.4, -0.2) is 32.3 Å². The Balaban J connectivity index is 2.41. The summed E-state index contributed by atoms with van der Waals surface area (Å²) in [5.41, 5.74) is 1.39. The number of nitrogens with one attached hydrogen (secondary N) is 1. The molecule has 0 spiro atoms. The summed E-state index contributed by atoms with van der Waals surface area (Å²) >= 11 is 12.1. The van der Waals surface area contributed by atoms with Crippen molar-refractivity contribution in [2.24, 2.45) is 0 Å². The van der Waals surface area contributed by atoms with Gasteiger partial charge in [-0.25, -0.2) is 8.42 Å². The SMILES string of the molecule is Cc1ccc(NS(=O)(=O)c2cc(C(=O)N(C)C(C)C)ccc2Cl)cc1Cl. The Kier molecular flexibility index (Phi) is 6.21. The van der Waals surface area contributed by atoms with E-state index in [1.165, 1.54) is 29.2 Å². The molecule has 0 saturated carbocycles. The molecule has 0 unspecified atom stereocenters. The largest absolute Gasteiger partial charge is 0.339 e. The van der Waals surface area contributed by atoms with Gasteiger partial charge in [0, 0.05) is 23.7 Å². The van der Waals surface area contributed by atoms with Gasteiger partial charge in [-0.15, -0.1) is 0 Å². The van der Waals surface area contributed by atoms with Gasteiger partial charge in [-0.1, -0.05) is 29.3 Å². The quantitative estimate of drug-likeness (QED) is 0.777. The minimum Gasteiger partial charge on any atom is -0.339 e. The summed E-state index contributed by atoms with van der Waals surface area (Å²) in [7, 11) is -2.33.